The van der Waals surface area contributed by atoms with E-state index < -0.39 is 12.0 Å². The van der Waals surface area contributed by atoms with Crippen LogP contribution in [0, 0.1) is 0 Å². The van der Waals surface area contributed by atoms with E-state index in [9.17, 15) is 9.59 Å². The molecule has 0 spiro atoms. The minimum absolute atomic E-state index is 0.201. The fraction of sp³-hybridized carbons (Fsp3) is 0.583. The van der Waals surface area contributed by atoms with Crippen molar-refractivity contribution in [3.05, 3.63) is 16.6 Å². The number of carboxylic acid groups (broad SMARTS) is 1. The average Bonchev–Trinajstić information content (AvgIpc) is 2.81. The van der Waals surface area contributed by atoms with Gasteiger partial charge in [0.1, 0.15) is 6.04 Å². The number of hydrogen-bond donors (Lipinski definition) is 2. The first-order chi connectivity index (χ1) is 8.63. The summed E-state index contributed by atoms with van der Waals surface area (Å²) in [6.07, 6.45) is 4.73. The van der Waals surface area contributed by atoms with Gasteiger partial charge in [-0.05, 0) is 19.3 Å². The van der Waals surface area contributed by atoms with Gasteiger partial charge in [-0.15, -0.1) is 11.3 Å². The molecule has 0 aromatic carbocycles. The maximum atomic E-state index is 11.6. The highest BCUT2D eigenvalue weighted by Gasteiger charge is 2.18. The molecule has 1 heterocycles. The van der Waals surface area contributed by atoms with E-state index in [0.717, 1.165) is 17.8 Å². The number of nitrogens with one attached hydrogen (secondary N) is 1. The molecule has 0 bridgehead atoms. The Morgan fingerprint density at radius 2 is 2.33 bits per heavy atom. The molecule has 1 atom stereocenters. The second-order valence-corrected chi connectivity index (χ2v) is 5.01. The number of hydrogen-bond acceptors (Lipinski definition) is 4. The highest BCUT2D eigenvalue weighted by molar-refractivity contribution is 7.09. The molecule has 0 radical (unpaired) electrons. The molecule has 6 heteroatoms. The Morgan fingerprint density at radius 1 is 1.56 bits per heavy atom. The zero-order valence-electron chi connectivity index (χ0n) is 10.4. The van der Waals surface area contributed by atoms with Crippen LogP contribution in [0.25, 0.3) is 0 Å². The molecule has 1 unspecified atom stereocenters. The van der Waals surface area contributed by atoms with Gasteiger partial charge in [0.25, 0.3) is 0 Å². The lowest BCUT2D eigenvalue weighted by atomic mass is 10.1. The van der Waals surface area contributed by atoms with Crippen molar-refractivity contribution in [1.29, 1.82) is 0 Å². The Bertz CT molecular complexity index is 379. The number of nitrogens with zero attached hydrogens (tertiary/aromatic N) is 1. The average molecular weight is 270 g/mol. The van der Waals surface area contributed by atoms with Crippen molar-refractivity contribution in [3.8, 4) is 0 Å². The van der Waals surface area contributed by atoms with Crippen molar-refractivity contribution in [2.45, 2.75) is 45.1 Å². The van der Waals surface area contributed by atoms with E-state index in [1.54, 1.807) is 17.5 Å². The summed E-state index contributed by atoms with van der Waals surface area (Å²) in [5.41, 5.74) is 0. The summed E-state index contributed by atoms with van der Waals surface area (Å²) < 4.78 is 0. The van der Waals surface area contributed by atoms with Crippen LogP contribution in [0.2, 0.25) is 0 Å². The number of amides is 1. The number of aromatic nitrogens is 1. The lowest BCUT2D eigenvalue weighted by Gasteiger charge is -2.13. The fourth-order valence-corrected chi connectivity index (χ4v) is 2.25. The number of thiazole rings is 1. The predicted molar refractivity (Wildman–Crippen MR) is 69.5 cm³/mol. The summed E-state index contributed by atoms with van der Waals surface area (Å²) in [6.45, 7) is 1.89. The van der Waals surface area contributed by atoms with Crippen molar-refractivity contribution in [3.63, 3.8) is 0 Å². The van der Waals surface area contributed by atoms with E-state index in [1.807, 2.05) is 12.3 Å². The minimum atomic E-state index is -0.967. The van der Waals surface area contributed by atoms with Crippen LogP contribution >= 0.6 is 11.3 Å². The molecule has 0 aliphatic rings. The monoisotopic (exact) mass is 270 g/mol. The van der Waals surface area contributed by atoms with Crippen LogP contribution in [-0.4, -0.2) is 28.0 Å². The number of carbonyl (C=O) groups excluding carboxylic acids is 1. The highest BCUT2D eigenvalue weighted by Crippen LogP contribution is 2.08. The largest absolute Gasteiger partial charge is 0.480 e. The Labute approximate surface area is 110 Å². The molecular formula is C12H18N2O3S. The Kier molecular flexibility index (Phi) is 6.35. The van der Waals surface area contributed by atoms with Gasteiger partial charge in [-0.2, -0.15) is 0 Å². The van der Waals surface area contributed by atoms with Gasteiger partial charge >= 0.3 is 5.97 Å². The lowest BCUT2D eigenvalue weighted by Crippen LogP contribution is -2.40. The fourth-order valence-electron chi connectivity index (χ4n) is 1.59. The minimum Gasteiger partial charge on any atom is -0.480 e. The lowest BCUT2D eigenvalue weighted by molar-refractivity contribution is -0.142. The SMILES string of the molecule is CCCC(NC(=O)CCCc1nccs1)C(=O)O. The first kappa shape index (κ1) is 14.6. The summed E-state index contributed by atoms with van der Waals surface area (Å²) in [6, 6.07) is -0.762. The van der Waals surface area contributed by atoms with Crippen molar-refractivity contribution in [2.24, 2.45) is 0 Å². The van der Waals surface area contributed by atoms with Crippen LogP contribution in [0.5, 0.6) is 0 Å². The van der Waals surface area contributed by atoms with Gasteiger partial charge < -0.3 is 10.4 Å². The predicted octanol–water partition coefficient (Wildman–Crippen LogP) is 1.84. The van der Waals surface area contributed by atoms with Gasteiger partial charge in [-0.25, -0.2) is 9.78 Å². The van der Waals surface area contributed by atoms with Crippen molar-refractivity contribution in [1.82, 2.24) is 10.3 Å². The molecule has 0 aliphatic heterocycles. The summed E-state index contributed by atoms with van der Waals surface area (Å²) in [7, 11) is 0. The van der Waals surface area contributed by atoms with Crippen molar-refractivity contribution in [2.75, 3.05) is 0 Å². The van der Waals surface area contributed by atoms with Crippen LogP contribution in [0.15, 0.2) is 11.6 Å². The standard InChI is InChI=1S/C12H18N2O3S/c1-2-4-9(12(16)17)14-10(15)5-3-6-11-13-7-8-18-11/h7-9H,2-6H2,1H3,(H,14,15)(H,16,17). The van der Waals surface area contributed by atoms with E-state index in [1.165, 1.54) is 0 Å². The van der Waals surface area contributed by atoms with E-state index in [0.29, 0.717) is 19.3 Å². The third-order valence-electron chi connectivity index (χ3n) is 2.49. The van der Waals surface area contributed by atoms with E-state index >= 15 is 0 Å². The van der Waals surface area contributed by atoms with Gasteiger partial charge in [0.15, 0.2) is 0 Å². The van der Waals surface area contributed by atoms with Crippen LogP contribution < -0.4 is 5.32 Å². The molecule has 0 aliphatic carbocycles. The van der Waals surface area contributed by atoms with Gasteiger partial charge in [0.2, 0.25) is 5.91 Å². The van der Waals surface area contributed by atoms with E-state index in [-0.39, 0.29) is 5.91 Å². The number of carbonyl (C=O) groups is 2. The molecule has 0 saturated carbocycles. The number of aryl methyl sites for hydroxylation is 1. The van der Waals surface area contributed by atoms with Gasteiger partial charge in [0.05, 0.1) is 5.01 Å². The molecule has 1 aromatic rings. The first-order valence-electron chi connectivity index (χ1n) is 6.04. The molecule has 2 N–H and O–H groups in total. The molecule has 1 amide bonds. The van der Waals surface area contributed by atoms with Crippen LogP contribution in [0.4, 0.5) is 0 Å². The number of carboxylic acids is 1. The summed E-state index contributed by atoms with van der Waals surface area (Å²) in [4.78, 5) is 26.6. The normalized spacial score (nSPS) is 12.1. The maximum absolute atomic E-state index is 11.6. The Hall–Kier alpha value is -1.43. The first-order valence-corrected chi connectivity index (χ1v) is 6.92. The summed E-state index contributed by atoms with van der Waals surface area (Å²) >= 11 is 1.56. The summed E-state index contributed by atoms with van der Waals surface area (Å²) in [5, 5.41) is 14.4. The molecule has 0 fully saturated rings. The molecule has 1 aromatic heterocycles. The van der Waals surface area contributed by atoms with Crippen LogP contribution in [0.1, 0.15) is 37.6 Å². The quantitative estimate of drug-likeness (QED) is 0.755. The molecular weight excluding hydrogens is 252 g/mol. The molecule has 5 nitrogen and oxygen atoms in total. The summed E-state index contributed by atoms with van der Waals surface area (Å²) in [5.74, 6) is -1.17. The van der Waals surface area contributed by atoms with Gasteiger partial charge in [-0.1, -0.05) is 13.3 Å². The van der Waals surface area contributed by atoms with Gasteiger partial charge in [-0.3, -0.25) is 4.79 Å². The second kappa shape index (κ2) is 7.81. The van der Waals surface area contributed by atoms with Crippen LogP contribution in [0.3, 0.4) is 0 Å². The molecule has 18 heavy (non-hydrogen) atoms. The number of aliphatic carboxylic acids is 1. The smallest absolute Gasteiger partial charge is 0.326 e. The van der Waals surface area contributed by atoms with Crippen molar-refractivity contribution < 1.29 is 14.7 Å². The maximum Gasteiger partial charge on any atom is 0.326 e. The second-order valence-electron chi connectivity index (χ2n) is 4.03. The molecule has 100 valence electrons. The Morgan fingerprint density at radius 3 is 2.89 bits per heavy atom. The molecule has 1 rings (SSSR count). The van der Waals surface area contributed by atoms with E-state index in [2.05, 4.69) is 10.3 Å². The third-order valence-corrected chi connectivity index (χ3v) is 3.33. The molecule has 0 saturated heterocycles. The van der Waals surface area contributed by atoms with Gasteiger partial charge in [0, 0.05) is 18.0 Å². The zero-order valence-corrected chi connectivity index (χ0v) is 11.2. The number of rotatable bonds is 8. The van der Waals surface area contributed by atoms with Crippen molar-refractivity contribution >= 4 is 23.2 Å². The zero-order chi connectivity index (χ0) is 13.4. The van der Waals surface area contributed by atoms with E-state index in [4.69, 9.17) is 5.11 Å². The van der Waals surface area contributed by atoms with Crippen LogP contribution in [-0.2, 0) is 16.0 Å². The Balaban J connectivity index is 2.25. The third kappa shape index (κ3) is 5.27. The highest BCUT2D eigenvalue weighted by atomic mass is 32.1. The topological polar surface area (TPSA) is 79.3 Å².